The highest BCUT2D eigenvalue weighted by molar-refractivity contribution is 5.97. The molecule has 0 spiro atoms. The van der Waals surface area contributed by atoms with Gasteiger partial charge in [0.15, 0.2) is 0 Å². The van der Waals surface area contributed by atoms with Gasteiger partial charge in [-0.05, 0) is 112 Å². The van der Waals surface area contributed by atoms with E-state index < -0.39 is 70.9 Å². The van der Waals surface area contributed by atoms with E-state index in [2.05, 4.69) is 31.2 Å². The van der Waals surface area contributed by atoms with Gasteiger partial charge in [0.1, 0.15) is 23.7 Å². The Kier molecular flexibility index (Phi) is 13.6. The Hall–Kier alpha value is -4.90. The first-order chi connectivity index (χ1) is 29.0. The molecule has 338 valence electrons. The molecule has 8 N–H and O–H groups in total. The van der Waals surface area contributed by atoms with E-state index in [0.29, 0.717) is 33.2 Å². The molecule has 0 aliphatic carbocycles. The average molecular weight is 863 g/mol. The van der Waals surface area contributed by atoms with Gasteiger partial charge in [-0.25, -0.2) is 8.78 Å². The second-order valence-electron chi connectivity index (χ2n) is 19.4. The van der Waals surface area contributed by atoms with E-state index >= 15 is 0 Å². The molecule has 2 aliphatic rings. The summed E-state index contributed by atoms with van der Waals surface area (Å²) < 4.78 is 29.8. The standard InChI is InChI=1S/C46H64F2N8O6/c1-23(49-9)41(59)53-39(45(3,4)5)43(61)55-21-29(57)17-27(55)19-33-31-13-11-25(47)15-35(31)51-37(33)38-34(32-14-12-26(48)16-36(32)52-38)20-28-18-30(58)22-56(28)44(62)40(46(6,7)8)54-42(60)24(2)50-10/h11-16,23-24,27-30,39-40,49-52,57-58H,17-22H2,1-10H3,(H,53,59)(H,54,60)/t23-,24-,27-,28-,29-,30-,39+,40+/m0/s1. The number of hydrogen-bond acceptors (Lipinski definition) is 8. The summed E-state index contributed by atoms with van der Waals surface area (Å²) in [5.41, 5.74) is 2.18. The second kappa shape index (κ2) is 18.1. The van der Waals surface area contributed by atoms with Crippen molar-refractivity contribution in [3.63, 3.8) is 0 Å². The van der Waals surface area contributed by atoms with Crippen LogP contribution in [0.5, 0.6) is 0 Å². The van der Waals surface area contributed by atoms with Crippen LogP contribution in [0.15, 0.2) is 36.4 Å². The molecule has 4 amide bonds. The summed E-state index contributed by atoms with van der Waals surface area (Å²) >= 11 is 0. The van der Waals surface area contributed by atoms with Crippen molar-refractivity contribution < 1.29 is 38.2 Å². The Morgan fingerprint density at radius 1 is 0.677 bits per heavy atom. The van der Waals surface area contributed by atoms with Crippen molar-refractivity contribution in [3.8, 4) is 11.4 Å². The molecule has 8 atom stereocenters. The number of halogens is 2. The van der Waals surface area contributed by atoms with Crippen LogP contribution in [0.4, 0.5) is 8.78 Å². The molecular formula is C46H64F2N8O6. The number of carbonyl (C=O) groups excluding carboxylic acids is 4. The van der Waals surface area contributed by atoms with E-state index in [1.807, 2.05) is 41.5 Å². The zero-order valence-electron chi connectivity index (χ0n) is 37.5. The number of nitrogens with zero attached hydrogens (tertiary/aromatic N) is 2. The van der Waals surface area contributed by atoms with Crippen molar-refractivity contribution in [2.75, 3.05) is 27.2 Å². The SMILES string of the molecule is CN[C@@H](C)C(=O)N[C@H](C(=O)N1C[C@@H](O)C[C@H]1Cc1c(-c2[nH]c3cc(F)ccc3c2C[C@@H]2C[C@H](O)CN2C(=O)[C@@H](NC(=O)[C@H](C)NC)C(C)(C)C)[nH]c2cc(F)ccc12)C(C)(C)C. The minimum absolute atomic E-state index is 0.0501. The lowest BCUT2D eigenvalue weighted by Gasteiger charge is -2.36. The van der Waals surface area contributed by atoms with Crippen molar-refractivity contribution in [3.05, 3.63) is 59.2 Å². The molecule has 6 rings (SSSR count). The molecule has 2 saturated heterocycles. The van der Waals surface area contributed by atoms with Crippen LogP contribution >= 0.6 is 0 Å². The largest absolute Gasteiger partial charge is 0.391 e. The molecule has 0 unspecified atom stereocenters. The summed E-state index contributed by atoms with van der Waals surface area (Å²) in [5.74, 6) is -2.28. The van der Waals surface area contributed by atoms with E-state index in [9.17, 15) is 38.2 Å². The van der Waals surface area contributed by atoms with Crippen LogP contribution in [-0.4, -0.2) is 129 Å². The number of likely N-dealkylation sites (tertiary alicyclic amines) is 2. The number of fused-ring (bicyclic) bond motifs is 2. The van der Waals surface area contributed by atoms with Gasteiger partial charge >= 0.3 is 0 Å². The van der Waals surface area contributed by atoms with Crippen LogP contribution < -0.4 is 21.3 Å². The zero-order valence-corrected chi connectivity index (χ0v) is 37.5. The predicted octanol–water partition coefficient (Wildman–Crippen LogP) is 3.88. The maximum Gasteiger partial charge on any atom is 0.246 e. The number of amides is 4. The molecule has 2 fully saturated rings. The van der Waals surface area contributed by atoms with Crippen molar-refractivity contribution in [1.29, 1.82) is 0 Å². The lowest BCUT2D eigenvalue weighted by atomic mass is 9.85. The molecule has 2 aliphatic heterocycles. The first-order valence-corrected chi connectivity index (χ1v) is 21.5. The van der Waals surface area contributed by atoms with E-state index in [-0.39, 0.29) is 62.4 Å². The number of benzene rings is 2. The third kappa shape index (κ3) is 9.68. The van der Waals surface area contributed by atoms with Gasteiger partial charge in [0.25, 0.3) is 0 Å². The molecule has 4 aromatic rings. The van der Waals surface area contributed by atoms with Gasteiger partial charge in [0.2, 0.25) is 23.6 Å². The number of hydrogen-bond donors (Lipinski definition) is 8. The number of nitrogens with one attached hydrogen (secondary N) is 6. The third-order valence-electron chi connectivity index (χ3n) is 12.7. The highest BCUT2D eigenvalue weighted by Gasteiger charge is 2.45. The molecule has 14 nitrogen and oxygen atoms in total. The van der Waals surface area contributed by atoms with E-state index in [0.717, 1.165) is 11.1 Å². The number of carbonyl (C=O) groups is 4. The van der Waals surface area contributed by atoms with Crippen molar-refractivity contribution >= 4 is 45.4 Å². The summed E-state index contributed by atoms with van der Waals surface area (Å²) in [7, 11) is 3.32. The molecular weight excluding hydrogens is 799 g/mol. The number of rotatable bonds is 13. The van der Waals surface area contributed by atoms with Gasteiger partial charge in [-0.2, -0.15) is 0 Å². The molecule has 62 heavy (non-hydrogen) atoms. The van der Waals surface area contributed by atoms with Crippen LogP contribution in [0.3, 0.4) is 0 Å². The van der Waals surface area contributed by atoms with Gasteiger partial charge < -0.3 is 51.2 Å². The van der Waals surface area contributed by atoms with Crippen molar-refractivity contribution in [2.24, 2.45) is 10.8 Å². The summed E-state index contributed by atoms with van der Waals surface area (Å²) in [4.78, 5) is 65.3. The van der Waals surface area contributed by atoms with Crippen LogP contribution in [0.1, 0.15) is 79.4 Å². The molecule has 16 heteroatoms. The molecule has 2 aromatic carbocycles. The van der Waals surface area contributed by atoms with Crippen LogP contribution in [0.2, 0.25) is 0 Å². The lowest BCUT2D eigenvalue weighted by molar-refractivity contribution is -0.141. The Morgan fingerprint density at radius 3 is 1.35 bits per heavy atom. The predicted molar refractivity (Wildman–Crippen MR) is 235 cm³/mol. The van der Waals surface area contributed by atoms with Gasteiger partial charge in [0, 0.05) is 47.0 Å². The number of H-pyrrole nitrogens is 2. The normalized spacial score (nSPS) is 21.6. The molecule has 4 heterocycles. The number of aliphatic hydroxyl groups excluding tert-OH is 2. The monoisotopic (exact) mass is 862 g/mol. The van der Waals surface area contributed by atoms with Crippen LogP contribution in [-0.2, 0) is 32.0 Å². The van der Waals surface area contributed by atoms with Gasteiger partial charge in [-0.1, -0.05) is 41.5 Å². The Bertz CT molecular complexity index is 2150. The number of likely N-dealkylation sites (N-methyl/N-ethyl adjacent to an activating group) is 2. The first-order valence-electron chi connectivity index (χ1n) is 21.5. The fraction of sp³-hybridized carbons (Fsp3) is 0.565. The highest BCUT2D eigenvalue weighted by atomic mass is 19.1. The van der Waals surface area contributed by atoms with E-state index in [1.54, 1.807) is 49.9 Å². The van der Waals surface area contributed by atoms with E-state index in [4.69, 9.17) is 0 Å². The number of aliphatic hydroxyl groups is 2. The quantitative estimate of drug-likeness (QED) is 0.0993. The number of β-amino-alcohol motifs (C(OH)–C–C–N with tert-alkyl or cyclic N) is 2. The highest BCUT2D eigenvalue weighted by Crippen LogP contribution is 2.40. The number of aromatic amines is 2. The summed E-state index contributed by atoms with van der Waals surface area (Å²) in [6.07, 6.45) is -0.719. The van der Waals surface area contributed by atoms with Crippen LogP contribution in [0, 0.1) is 22.5 Å². The Morgan fingerprint density at radius 2 is 1.03 bits per heavy atom. The minimum Gasteiger partial charge on any atom is -0.391 e. The van der Waals surface area contributed by atoms with Gasteiger partial charge in [-0.3, -0.25) is 19.2 Å². The summed E-state index contributed by atoms with van der Waals surface area (Å²) in [6.45, 7) is 14.7. The summed E-state index contributed by atoms with van der Waals surface area (Å²) in [6, 6.07) is 4.85. The summed E-state index contributed by atoms with van der Waals surface area (Å²) in [5, 5.41) is 35.3. The van der Waals surface area contributed by atoms with Crippen LogP contribution in [0.25, 0.3) is 33.2 Å². The molecule has 0 bridgehead atoms. The minimum atomic E-state index is -0.907. The molecule has 0 radical (unpaired) electrons. The molecule has 0 saturated carbocycles. The number of aromatic nitrogens is 2. The topological polar surface area (TPSA) is 195 Å². The van der Waals surface area contributed by atoms with Gasteiger partial charge in [0.05, 0.1) is 35.7 Å². The maximum atomic E-state index is 14.9. The zero-order chi connectivity index (χ0) is 45.6. The fourth-order valence-electron chi connectivity index (χ4n) is 8.91. The maximum absolute atomic E-state index is 14.9. The Labute approximate surface area is 361 Å². The Balaban J connectivity index is 1.43. The average Bonchev–Trinajstić information content (AvgIpc) is 3.96. The molecule has 2 aromatic heterocycles. The fourth-order valence-corrected chi connectivity index (χ4v) is 8.91. The first kappa shape index (κ1) is 46.6. The lowest BCUT2D eigenvalue weighted by Crippen LogP contribution is -2.58. The third-order valence-corrected chi connectivity index (χ3v) is 12.7. The van der Waals surface area contributed by atoms with E-state index in [1.165, 1.54) is 24.3 Å². The smallest absolute Gasteiger partial charge is 0.246 e. The van der Waals surface area contributed by atoms with Gasteiger partial charge in [-0.15, -0.1) is 0 Å². The second-order valence-corrected chi connectivity index (χ2v) is 19.4. The van der Waals surface area contributed by atoms with Crippen molar-refractivity contribution in [2.45, 2.75) is 130 Å². The van der Waals surface area contributed by atoms with Crippen molar-refractivity contribution in [1.82, 2.24) is 41.0 Å².